The first-order valence-corrected chi connectivity index (χ1v) is 10.4. The third-order valence-electron chi connectivity index (χ3n) is 4.51. The van der Waals surface area contributed by atoms with Crippen LogP contribution in [0.1, 0.15) is 58.8 Å². The van der Waals surface area contributed by atoms with Crippen LogP contribution in [0.4, 0.5) is 0 Å². The van der Waals surface area contributed by atoms with Crippen molar-refractivity contribution in [2.24, 2.45) is 0 Å². The monoisotopic (exact) mass is 490 g/mol. The number of aromatic nitrogens is 6. The number of hydrogen-bond donors (Lipinski definition) is 1. The minimum atomic E-state index is -1.07. The second-order valence-corrected chi connectivity index (χ2v) is 8.10. The Hall–Kier alpha value is -3.50. The van der Waals surface area contributed by atoms with Crippen LogP contribution in [0.15, 0.2) is 31.1 Å². The smallest absolute Gasteiger partial charge is 0.358 e. The number of carbonyl (C=O) groups excluding carboxylic acids is 1. The molecule has 0 aromatic carbocycles. The molecule has 12 heteroatoms. The van der Waals surface area contributed by atoms with E-state index in [4.69, 9.17) is 28.3 Å². The number of nitrogens with zero attached hydrogens (tertiary/aromatic N) is 6. The van der Waals surface area contributed by atoms with Crippen LogP contribution in [0.3, 0.4) is 0 Å². The number of allylic oxidation sites excluding steroid dienone is 1. The number of carboxylic acids is 1. The van der Waals surface area contributed by atoms with E-state index in [-0.39, 0.29) is 17.3 Å². The molecule has 4 aromatic heterocycles. The van der Waals surface area contributed by atoms with E-state index in [1.54, 1.807) is 12.1 Å². The maximum atomic E-state index is 11.4. The van der Waals surface area contributed by atoms with Gasteiger partial charge in [0.05, 0.1) is 19.5 Å². The van der Waals surface area contributed by atoms with Crippen LogP contribution in [-0.2, 0) is 4.74 Å². The molecule has 0 unspecified atom stereocenters. The highest BCUT2D eigenvalue weighted by Crippen LogP contribution is 2.23. The van der Waals surface area contributed by atoms with Gasteiger partial charge in [-0.1, -0.05) is 43.6 Å². The summed E-state index contributed by atoms with van der Waals surface area (Å²) in [5.74, 6) is -1.39. The molecule has 0 amide bonds. The number of methoxy groups -OCH3 is 1. The van der Waals surface area contributed by atoms with E-state index in [9.17, 15) is 9.59 Å². The van der Waals surface area contributed by atoms with Gasteiger partial charge < -0.3 is 9.84 Å². The van der Waals surface area contributed by atoms with E-state index in [1.165, 1.54) is 28.5 Å². The molecular weight excluding hydrogens is 471 g/mol. The molecule has 0 aliphatic carbocycles. The lowest BCUT2D eigenvalue weighted by atomic mass is 10.1. The van der Waals surface area contributed by atoms with Gasteiger partial charge in [0.25, 0.3) is 0 Å². The van der Waals surface area contributed by atoms with E-state index in [0.717, 1.165) is 16.7 Å². The summed E-state index contributed by atoms with van der Waals surface area (Å²) in [4.78, 5) is 30.3. The van der Waals surface area contributed by atoms with Crippen LogP contribution < -0.4 is 0 Å². The summed E-state index contributed by atoms with van der Waals surface area (Å²) in [5, 5.41) is 17.5. The van der Waals surface area contributed by atoms with E-state index >= 15 is 0 Å². The fourth-order valence-electron chi connectivity index (χ4n) is 2.96. The molecular formula is C21H20Cl2N6O4. The van der Waals surface area contributed by atoms with Crippen molar-refractivity contribution >= 4 is 52.0 Å². The van der Waals surface area contributed by atoms with Gasteiger partial charge in [-0.05, 0) is 30.5 Å². The molecule has 172 valence electrons. The molecule has 0 spiro atoms. The highest BCUT2D eigenvalue weighted by Gasteiger charge is 2.16. The van der Waals surface area contributed by atoms with Gasteiger partial charge in [0.15, 0.2) is 27.8 Å². The molecule has 1 N–H and O–H groups in total. The first kappa shape index (κ1) is 24.1. The van der Waals surface area contributed by atoms with Gasteiger partial charge >= 0.3 is 11.9 Å². The van der Waals surface area contributed by atoms with Crippen molar-refractivity contribution in [1.29, 1.82) is 0 Å². The topological polar surface area (TPSA) is 124 Å². The Morgan fingerprint density at radius 3 is 2.12 bits per heavy atom. The van der Waals surface area contributed by atoms with Crippen molar-refractivity contribution in [3.8, 4) is 0 Å². The maximum Gasteiger partial charge on any atom is 0.358 e. The summed E-state index contributed by atoms with van der Waals surface area (Å²) in [6.45, 7) is 9.64. The van der Waals surface area contributed by atoms with Crippen LogP contribution in [0.5, 0.6) is 0 Å². The van der Waals surface area contributed by atoms with E-state index in [1.807, 2.05) is 20.8 Å². The molecule has 4 rings (SSSR count). The van der Waals surface area contributed by atoms with E-state index in [0.29, 0.717) is 21.6 Å². The van der Waals surface area contributed by atoms with Crippen molar-refractivity contribution in [3.63, 3.8) is 0 Å². The summed E-state index contributed by atoms with van der Waals surface area (Å²) in [6, 6.07) is 3.37. The normalized spacial score (nSPS) is 10.9. The Bertz CT molecular complexity index is 1390. The van der Waals surface area contributed by atoms with Crippen molar-refractivity contribution in [1.82, 2.24) is 29.2 Å². The maximum absolute atomic E-state index is 11.4. The molecule has 0 fully saturated rings. The summed E-state index contributed by atoms with van der Waals surface area (Å²) in [7, 11) is 1.30. The zero-order valence-electron chi connectivity index (χ0n) is 18.2. The third kappa shape index (κ3) is 5.12. The van der Waals surface area contributed by atoms with Gasteiger partial charge in [-0.3, -0.25) is 0 Å². The largest absolute Gasteiger partial charge is 0.476 e. The predicted octanol–water partition coefficient (Wildman–Crippen LogP) is 4.41. The zero-order chi connectivity index (χ0) is 24.4. The molecule has 0 atom stereocenters. The van der Waals surface area contributed by atoms with Crippen molar-refractivity contribution in [2.75, 3.05) is 7.11 Å². The molecule has 4 heterocycles. The number of carbonyl (C=O) groups is 2. The molecule has 0 bridgehead atoms. The summed E-state index contributed by atoms with van der Waals surface area (Å²) in [5.41, 5.74) is 3.65. The number of aromatic carboxylic acids is 1. The molecule has 0 aliphatic rings. The number of fused-ring (bicyclic) bond motifs is 2. The zero-order valence-corrected chi connectivity index (χ0v) is 19.7. The van der Waals surface area contributed by atoms with Crippen molar-refractivity contribution < 1.29 is 19.4 Å². The lowest BCUT2D eigenvalue weighted by molar-refractivity contribution is 0.0594. The van der Waals surface area contributed by atoms with Gasteiger partial charge in [-0.25, -0.2) is 28.6 Å². The fourth-order valence-corrected chi connectivity index (χ4v) is 3.35. The average Bonchev–Trinajstić information content (AvgIpc) is 3.36. The molecule has 10 nitrogen and oxygen atoms in total. The van der Waals surface area contributed by atoms with Gasteiger partial charge in [-0.2, -0.15) is 10.2 Å². The van der Waals surface area contributed by atoms with E-state index < -0.39 is 11.9 Å². The van der Waals surface area contributed by atoms with Gasteiger partial charge in [0.1, 0.15) is 5.15 Å². The van der Waals surface area contributed by atoms with Gasteiger partial charge in [-0.15, -0.1) is 0 Å². The third-order valence-corrected chi connectivity index (χ3v) is 4.88. The Balaban J connectivity index is 0.000000186. The van der Waals surface area contributed by atoms with Crippen LogP contribution >= 0.6 is 23.2 Å². The average molecular weight is 491 g/mol. The van der Waals surface area contributed by atoms with Crippen LogP contribution in [0.25, 0.3) is 16.9 Å². The van der Waals surface area contributed by atoms with Gasteiger partial charge in [0, 0.05) is 11.1 Å². The first-order valence-electron chi connectivity index (χ1n) is 9.61. The van der Waals surface area contributed by atoms with Crippen LogP contribution in [0, 0.1) is 0 Å². The second kappa shape index (κ2) is 9.55. The van der Waals surface area contributed by atoms with Crippen molar-refractivity contribution in [3.05, 3.63) is 63.9 Å². The highest BCUT2D eigenvalue weighted by molar-refractivity contribution is 6.29. The Morgan fingerprint density at radius 1 is 1.03 bits per heavy atom. The lowest BCUT2D eigenvalue weighted by Crippen LogP contribution is -2.00. The summed E-state index contributed by atoms with van der Waals surface area (Å²) < 4.78 is 7.45. The van der Waals surface area contributed by atoms with Gasteiger partial charge in [0.2, 0.25) is 0 Å². The Morgan fingerprint density at radius 2 is 1.58 bits per heavy atom. The second-order valence-electron chi connectivity index (χ2n) is 7.32. The molecule has 33 heavy (non-hydrogen) atoms. The molecule has 0 saturated heterocycles. The number of halogens is 2. The fraction of sp³-hybridized carbons (Fsp3) is 0.238. The lowest BCUT2D eigenvalue weighted by Gasteiger charge is -2.06. The van der Waals surface area contributed by atoms with Crippen molar-refractivity contribution in [2.45, 2.75) is 26.7 Å². The molecule has 0 saturated carbocycles. The number of esters is 1. The molecule has 0 aliphatic heterocycles. The number of rotatable bonds is 4. The predicted molar refractivity (Wildman–Crippen MR) is 123 cm³/mol. The minimum absolute atomic E-state index is 0.0309. The summed E-state index contributed by atoms with van der Waals surface area (Å²) >= 11 is 11.7. The quantitative estimate of drug-likeness (QED) is 0.417. The first-order chi connectivity index (χ1) is 15.5. The highest BCUT2D eigenvalue weighted by atomic mass is 35.5. The Labute approximate surface area is 198 Å². The molecule has 4 aromatic rings. The van der Waals surface area contributed by atoms with Crippen LogP contribution in [0.2, 0.25) is 10.3 Å². The number of ether oxygens (including phenoxy) is 1. The number of hydrogen-bond acceptors (Lipinski definition) is 7. The molecule has 0 radical (unpaired) electrons. The van der Waals surface area contributed by atoms with Crippen LogP contribution in [-0.4, -0.2) is 53.4 Å². The Kier molecular flexibility index (Phi) is 6.99. The van der Waals surface area contributed by atoms with E-state index in [2.05, 4.69) is 31.5 Å². The summed E-state index contributed by atoms with van der Waals surface area (Å²) in [6.07, 6.45) is 2.83. The number of carboxylic acid groups (broad SMARTS) is 1. The minimum Gasteiger partial charge on any atom is -0.476 e. The standard InChI is InChI=1S/C11H10ClN3O2.C10H10ClN3O2/c1-6(2)7-4-9(12)14-15-5-8(11(16)17-3)13-10(7)15;1-5(2)6-3-8(11)13-14-4-7(10(15)16)12-9(6)14/h4-5H,1H2,2-3H3;3-5H,1-2H3,(H,15,16). The SMILES string of the molecule is C=C(C)c1cc(Cl)nn2cc(C(=O)OC)nc12.CC(C)c1cc(Cl)nn2cc(C(=O)O)nc12. The number of imidazole rings is 2.